The molecule has 1 aliphatic carbocycles. The van der Waals surface area contributed by atoms with Crippen molar-refractivity contribution in [3.05, 3.63) is 140 Å². The van der Waals surface area contributed by atoms with Gasteiger partial charge in [0, 0.05) is 39.9 Å². The molecule has 0 saturated carbocycles. The van der Waals surface area contributed by atoms with Gasteiger partial charge in [0.15, 0.2) is 5.82 Å². The summed E-state index contributed by atoms with van der Waals surface area (Å²) in [5.74, 6) is 0.727. The first kappa shape index (κ1) is 23.1. The molecule has 0 radical (unpaired) electrons. The minimum absolute atomic E-state index is 0.727. The molecule has 194 valence electrons. The molecule has 3 nitrogen and oxygen atoms in total. The Morgan fingerprint density at radius 3 is 2.00 bits per heavy atom. The largest absolute Gasteiger partial charge is 0.264 e. The number of hydrogen-bond acceptors (Lipinski definition) is 3. The predicted octanol–water partition coefficient (Wildman–Crippen LogP) is 9.98. The second-order valence-electron chi connectivity index (χ2n) is 10.8. The van der Waals surface area contributed by atoms with E-state index in [1.165, 1.54) is 38.6 Å². The number of nitrogens with zero attached hydrogens (tertiary/aromatic N) is 3. The Labute approximate surface area is 242 Å². The van der Waals surface area contributed by atoms with Crippen LogP contribution in [0, 0.1) is 0 Å². The minimum atomic E-state index is 0.727. The van der Waals surface area contributed by atoms with Gasteiger partial charge in [0.1, 0.15) is 0 Å². The normalized spacial score (nSPS) is 11.8. The summed E-state index contributed by atoms with van der Waals surface area (Å²) in [5.41, 5.74) is 11.2. The Balaban J connectivity index is 1.41. The number of rotatable bonds is 2. The summed E-state index contributed by atoms with van der Waals surface area (Å²) in [4.78, 5) is 15.1. The molecule has 0 spiro atoms. The number of aromatic nitrogens is 3. The van der Waals surface area contributed by atoms with Gasteiger partial charge in [0.2, 0.25) is 0 Å². The third kappa shape index (κ3) is 3.31. The van der Waals surface area contributed by atoms with E-state index in [0.717, 1.165) is 49.9 Å². The maximum Gasteiger partial charge on any atom is 0.161 e. The highest BCUT2D eigenvalue weighted by Crippen LogP contribution is 2.48. The molecule has 0 fully saturated rings. The standard InChI is InChI=1S/C39H23N3/c1-2-10-25(11-3-1)37-34-18-17-24-9-4-5-12-26(24)38(34)42-39(41-37)33-20-19-32-35-23-40-22-21-29(35)27-13-6-7-14-28(27)30-15-8-16-31(33)36(30)32/h1-23H. The zero-order chi connectivity index (χ0) is 27.6. The summed E-state index contributed by atoms with van der Waals surface area (Å²) in [6, 6.07) is 45.1. The van der Waals surface area contributed by atoms with Crippen molar-refractivity contribution in [2.24, 2.45) is 0 Å². The van der Waals surface area contributed by atoms with Crippen molar-refractivity contribution in [2.45, 2.75) is 0 Å². The highest BCUT2D eigenvalue weighted by Gasteiger charge is 2.23. The molecule has 42 heavy (non-hydrogen) atoms. The third-order valence-electron chi connectivity index (χ3n) is 8.54. The van der Waals surface area contributed by atoms with Gasteiger partial charge in [-0.1, -0.05) is 109 Å². The molecule has 8 aromatic rings. The van der Waals surface area contributed by atoms with E-state index in [1.807, 2.05) is 18.5 Å². The molecule has 0 saturated heterocycles. The van der Waals surface area contributed by atoms with Gasteiger partial charge in [0.25, 0.3) is 0 Å². The number of hydrogen-bond donors (Lipinski definition) is 0. The molecule has 1 aliphatic rings. The summed E-state index contributed by atoms with van der Waals surface area (Å²) in [7, 11) is 0. The topological polar surface area (TPSA) is 38.7 Å². The highest BCUT2D eigenvalue weighted by molar-refractivity contribution is 6.17. The van der Waals surface area contributed by atoms with Gasteiger partial charge in [-0.15, -0.1) is 0 Å². The fraction of sp³-hybridized carbons (Fsp3) is 0. The van der Waals surface area contributed by atoms with Gasteiger partial charge in [-0.05, 0) is 62.2 Å². The lowest BCUT2D eigenvalue weighted by atomic mass is 9.91. The van der Waals surface area contributed by atoms with Crippen molar-refractivity contribution < 1.29 is 0 Å². The van der Waals surface area contributed by atoms with Crippen LogP contribution in [0.3, 0.4) is 0 Å². The van der Waals surface area contributed by atoms with Crippen LogP contribution in [0.4, 0.5) is 0 Å². The van der Waals surface area contributed by atoms with Crippen LogP contribution in [-0.4, -0.2) is 15.0 Å². The summed E-state index contributed by atoms with van der Waals surface area (Å²) in [6.45, 7) is 0. The summed E-state index contributed by atoms with van der Waals surface area (Å²) in [6.07, 6.45) is 3.88. The van der Waals surface area contributed by atoms with Crippen LogP contribution in [0.25, 0.3) is 88.5 Å². The zero-order valence-electron chi connectivity index (χ0n) is 22.6. The summed E-state index contributed by atoms with van der Waals surface area (Å²) >= 11 is 0. The third-order valence-corrected chi connectivity index (χ3v) is 8.54. The van der Waals surface area contributed by atoms with Crippen molar-refractivity contribution in [1.29, 1.82) is 0 Å². The van der Waals surface area contributed by atoms with E-state index in [0.29, 0.717) is 0 Å². The average Bonchev–Trinajstić information content (AvgIpc) is 3.19. The molecule has 0 aliphatic heterocycles. The molecule has 3 heteroatoms. The molecule has 9 rings (SSSR count). The first-order valence-corrected chi connectivity index (χ1v) is 14.2. The molecule has 6 aromatic carbocycles. The molecule has 0 amide bonds. The summed E-state index contributed by atoms with van der Waals surface area (Å²) in [5, 5.41) is 5.69. The molecule has 0 N–H and O–H groups in total. The molecular weight excluding hydrogens is 510 g/mol. The fourth-order valence-corrected chi connectivity index (χ4v) is 6.65. The van der Waals surface area contributed by atoms with Crippen LogP contribution in [0.2, 0.25) is 0 Å². The lowest BCUT2D eigenvalue weighted by Gasteiger charge is -2.15. The first-order valence-electron chi connectivity index (χ1n) is 14.2. The van der Waals surface area contributed by atoms with E-state index in [4.69, 9.17) is 9.97 Å². The van der Waals surface area contributed by atoms with Crippen LogP contribution < -0.4 is 0 Å². The maximum atomic E-state index is 5.30. The van der Waals surface area contributed by atoms with Crippen LogP contribution in [0.1, 0.15) is 0 Å². The van der Waals surface area contributed by atoms with Gasteiger partial charge < -0.3 is 0 Å². The molecule has 2 heterocycles. The second kappa shape index (κ2) is 8.92. The molecule has 0 bridgehead atoms. The smallest absolute Gasteiger partial charge is 0.161 e. The fourth-order valence-electron chi connectivity index (χ4n) is 6.65. The number of pyridine rings is 1. The maximum absolute atomic E-state index is 5.30. The Bertz CT molecular complexity index is 2300. The van der Waals surface area contributed by atoms with Crippen molar-refractivity contribution in [2.75, 3.05) is 0 Å². The van der Waals surface area contributed by atoms with E-state index in [1.54, 1.807) is 0 Å². The van der Waals surface area contributed by atoms with Crippen LogP contribution in [0.5, 0.6) is 0 Å². The monoisotopic (exact) mass is 533 g/mol. The van der Waals surface area contributed by atoms with Gasteiger partial charge in [0.05, 0.1) is 11.2 Å². The Morgan fingerprint density at radius 2 is 1.10 bits per heavy atom. The zero-order valence-corrected chi connectivity index (χ0v) is 22.6. The quantitative estimate of drug-likeness (QED) is 0.208. The SMILES string of the molecule is c1ccc(-c2nc(-c3ccc4c5c(cccc35)-c3ccccc3-c3ccncc3-4)nc3c2ccc2ccccc23)cc1. The van der Waals surface area contributed by atoms with E-state index in [9.17, 15) is 0 Å². The van der Waals surface area contributed by atoms with Crippen molar-refractivity contribution in [3.8, 4) is 56.0 Å². The average molecular weight is 534 g/mol. The van der Waals surface area contributed by atoms with Crippen LogP contribution in [-0.2, 0) is 0 Å². The van der Waals surface area contributed by atoms with E-state index >= 15 is 0 Å². The van der Waals surface area contributed by atoms with Crippen molar-refractivity contribution in [3.63, 3.8) is 0 Å². The van der Waals surface area contributed by atoms with Crippen molar-refractivity contribution in [1.82, 2.24) is 15.0 Å². The van der Waals surface area contributed by atoms with Crippen LogP contribution in [0.15, 0.2) is 140 Å². The van der Waals surface area contributed by atoms with E-state index in [-0.39, 0.29) is 0 Å². The molecular formula is C39H23N3. The Kier molecular flexibility index (Phi) is 4.90. The molecule has 2 aromatic heterocycles. The van der Waals surface area contributed by atoms with Gasteiger partial charge >= 0.3 is 0 Å². The predicted molar refractivity (Wildman–Crippen MR) is 173 cm³/mol. The Hall–Kier alpha value is -5.67. The minimum Gasteiger partial charge on any atom is -0.264 e. The van der Waals surface area contributed by atoms with E-state index in [2.05, 4.69) is 126 Å². The number of fused-ring (bicyclic) bond motifs is 8. The first-order chi connectivity index (χ1) is 20.8. The van der Waals surface area contributed by atoms with Gasteiger partial charge in [-0.2, -0.15) is 0 Å². The second-order valence-corrected chi connectivity index (χ2v) is 10.8. The highest BCUT2D eigenvalue weighted by atomic mass is 14.9. The van der Waals surface area contributed by atoms with E-state index < -0.39 is 0 Å². The van der Waals surface area contributed by atoms with Gasteiger partial charge in [-0.3, -0.25) is 4.98 Å². The molecule has 0 unspecified atom stereocenters. The summed E-state index contributed by atoms with van der Waals surface area (Å²) < 4.78 is 0. The van der Waals surface area contributed by atoms with Gasteiger partial charge in [-0.25, -0.2) is 9.97 Å². The van der Waals surface area contributed by atoms with Crippen molar-refractivity contribution >= 4 is 32.4 Å². The lowest BCUT2D eigenvalue weighted by Crippen LogP contribution is -1.97. The Morgan fingerprint density at radius 1 is 0.405 bits per heavy atom. The lowest BCUT2D eigenvalue weighted by molar-refractivity contribution is 1.24. The van der Waals surface area contributed by atoms with Crippen LogP contribution >= 0.6 is 0 Å². The number of benzene rings is 6. The molecule has 0 atom stereocenters.